The summed E-state index contributed by atoms with van der Waals surface area (Å²) < 4.78 is 1.09. The van der Waals surface area contributed by atoms with Crippen molar-refractivity contribution < 1.29 is 4.79 Å². The van der Waals surface area contributed by atoms with E-state index in [2.05, 4.69) is 55.3 Å². The van der Waals surface area contributed by atoms with Gasteiger partial charge in [0.1, 0.15) is 0 Å². The molecule has 2 amide bonds. The van der Waals surface area contributed by atoms with Crippen molar-refractivity contribution in [1.82, 2.24) is 5.32 Å². The molecular formula is C19H22BrN5O. The maximum absolute atomic E-state index is 11.8. The number of benzene rings is 2. The van der Waals surface area contributed by atoms with Gasteiger partial charge in [0.15, 0.2) is 0 Å². The number of rotatable bonds is 4. The largest absolute Gasteiger partial charge is 0.368 e. The smallest absolute Gasteiger partial charge is 0.326 e. The van der Waals surface area contributed by atoms with Crippen LogP contribution >= 0.6 is 15.9 Å². The first-order chi connectivity index (χ1) is 12.6. The summed E-state index contributed by atoms with van der Waals surface area (Å²) >= 11 is 3.47. The van der Waals surface area contributed by atoms with Crippen LogP contribution in [0.15, 0.2) is 53.0 Å². The van der Waals surface area contributed by atoms with Crippen molar-refractivity contribution in [2.45, 2.75) is 0 Å². The number of nitrogens with one attached hydrogen (secondary N) is 2. The van der Waals surface area contributed by atoms with Gasteiger partial charge in [0.05, 0.1) is 12.0 Å². The lowest BCUT2D eigenvalue weighted by atomic mass is 10.2. The molecule has 1 saturated heterocycles. The van der Waals surface area contributed by atoms with Crippen molar-refractivity contribution >= 4 is 45.4 Å². The van der Waals surface area contributed by atoms with Crippen molar-refractivity contribution in [3.63, 3.8) is 0 Å². The molecule has 7 heteroatoms. The zero-order chi connectivity index (χ0) is 18.5. The third kappa shape index (κ3) is 3.99. The standard InChI is InChI=1S/C19H22BrN5O/c1-22-19(26)25(14-21)18-8-6-17(7-9-18)24-12-10-23(11-13-24)16-4-2-15(20)3-5-16/h2-9,14,21H,10-13H2,1H3,(H,22,26). The Kier molecular flexibility index (Phi) is 5.78. The molecule has 6 nitrogen and oxygen atoms in total. The zero-order valence-corrected chi connectivity index (χ0v) is 16.2. The van der Waals surface area contributed by atoms with Gasteiger partial charge in [-0.25, -0.2) is 4.79 Å². The highest BCUT2D eigenvalue weighted by atomic mass is 79.9. The van der Waals surface area contributed by atoms with Crippen LogP contribution in [0.3, 0.4) is 0 Å². The molecule has 0 aromatic heterocycles. The van der Waals surface area contributed by atoms with E-state index in [0.717, 1.165) is 42.7 Å². The SMILES string of the molecule is CNC(=O)N(C=N)c1ccc(N2CCN(c3ccc(Br)cc3)CC2)cc1. The van der Waals surface area contributed by atoms with Gasteiger partial charge in [-0.2, -0.15) is 0 Å². The highest BCUT2D eigenvalue weighted by molar-refractivity contribution is 9.10. The second kappa shape index (κ2) is 8.23. The van der Waals surface area contributed by atoms with Crippen molar-refractivity contribution in [3.8, 4) is 0 Å². The molecule has 1 aliphatic rings. The van der Waals surface area contributed by atoms with E-state index < -0.39 is 0 Å². The van der Waals surface area contributed by atoms with Crippen molar-refractivity contribution in [1.29, 1.82) is 5.41 Å². The summed E-state index contributed by atoms with van der Waals surface area (Å²) in [7, 11) is 1.55. The molecule has 1 fully saturated rings. The number of hydrogen-bond donors (Lipinski definition) is 2. The molecular weight excluding hydrogens is 394 g/mol. The number of amides is 2. The molecule has 1 heterocycles. The maximum Gasteiger partial charge on any atom is 0.326 e. The number of piperazine rings is 1. The molecule has 0 bridgehead atoms. The van der Waals surface area contributed by atoms with E-state index in [1.54, 1.807) is 7.05 Å². The van der Waals surface area contributed by atoms with E-state index in [1.165, 1.54) is 10.6 Å². The van der Waals surface area contributed by atoms with E-state index in [0.29, 0.717) is 5.69 Å². The van der Waals surface area contributed by atoms with Gasteiger partial charge in [-0.15, -0.1) is 0 Å². The normalized spacial score (nSPS) is 14.1. The number of carbonyl (C=O) groups excluding carboxylic acids is 1. The summed E-state index contributed by atoms with van der Waals surface area (Å²) in [6.45, 7) is 3.82. The molecule has 2 aromatic carbocycles. The Morgan fingerprint density at radius 3 is 1.88 bits per heavy atom. The molecule has 2 N–H and O–H groups in total. The van der Waals surface area contributed by atoms with Crippen LogP contribution in [0.1, 0.15) is 0 Å². The molecule has 0 atom stereocenters. The summed E-state index contributed by atoms with van der Waals surface area (Å²) in [5.41, 5.74) is 3.05. The highest BCUT2D eigenvalue weighted by Crippen LogP contribution is 2.24. The third-order valence-electron chi connectivity index (χ3n) is 4.53. The monoisotopic (exact) mass is 415 g/mol. The molecule has 3 rings (SSSR count). The summed E-state index contributed by atoms with van der Waals surface area (Å²) in [5, 5.41) is 9.95. The number of nitrogens with zero attached hydrogens (tertiary/aromatic N) is 3. The Morgan fingerprint density at radius 2 is 1.46 bits per heavy atom. The van der Waals surface area contributed by atoms with Crippen LogP contribution < -0.4 is 20.0 Å². The Bertz CT molecular complexity index is 755. The van der Waals surface area contributed by atoms with E-state index in [4.69, 9.17) is 5.41 Å². The van der Waals surface area contributed by atoms with Crippen LogP contribution in [0.2, 0.25) is 0 Å². The minimum Gasteiger partial charge on any atom is -0.368 e. The average Bonchev–Trinajstić information content (AvgIpc) is 2.70. The van der Waals surface area contributed by atoms with Crippen LogP contribution in [0.4, 0.5) is 21.9 Å². The fraction of sp³-hybridized carbons (Fsp3) is 0.263. The molecule has 0 spiro atoms. The van der Waals surface area contributed by atoms with Gasteiger partial charge >= 0.3 is 6.03 Å². The van der Waals surface area contributed by atoms with E-state index in [9.17, 15) is 4.79 Å². The molecule has 0 radical (unpaired) electrons. The number of hydrogen-bond acceptors (Lipinski definition) is 4. The van der Waals surface area contributed by atoms with Crippen molar-refractivity contribution in [3.05, 3.63) is 53.0 Å². The van der Waals surface area contributed by atoms with Gasteiger partial charge in [-0.3, -0.25) is 10.3 Å². The molecule has 1 aliphatic heterocycles. The fourth-order valence-electron chi connectivity index (χ4n) is 3.07. The number of urea groups is 1. The molecule has 0 saturated carbocycles. The van der Waals surface area contributed by atoms with Crippen molar-refractivity contribution in [2.24, 2.45) is 0 Å². The maximum atomic E-state index is 11.8. The van der Waals surface area contributed by atoms with Crippen LogP contribution in [0.5, 0.6) is 0 Å². The second-order valence-corrected chi connectivity index (χ2v) is 6.94. The molecule has 0 aliphatic carbocycles. The molecule has 0 unspecified atom stereocenters. The van der Waals surface area contributed by atoms with E-state index in [-0.39, 0.29) is 6.03 Å². The van der Waals surface area contributed by atoms with Gasteiger partial charge in [0.2, 0.25) is 0 Å². The predicted octanol–water partition coefficient (Wildman–Crippen LogP) is 3.53. The van der Waals surface area contributed by atoms with E-state index in [1.807, 2.05) is 24.3 Å². The Labute approximate surface area is 162 Å². The van der Waals surface area contributed by atoms with Crippen LogP contribution in [-0.4, -0.2) is 45.6 Å². The molecule has 136 valence electrons. The summed E-state index contributed by atoms with van der Waals surface area (Å²) in [6, 6.07) is 15.8. The summed E-state index contributed by atoms with van der Waals surface area (Å²) in [6.07, 6.45) is 1.02. The average molecular weight is 416 g/mol. The third-order valence-corrected chi connectivity index (χ3v) is 5.05. The number of carbonyl (C=O) groups is 1. The lowest BCUT2D eigenvalue weighted by molar-refractivity contribution is 0.251. The van der Waals surface area contributed by atoms with Crippen LogP contribution in [0.25, 0.3) is 0 Å². The van der Waals surface area contributed by atoms with Crippen LogP contribution in [0, 0.1) is 5.41 Å². The molecule has 2 aromatic rings. The quantitative estimate of drug-likeness (QED) is 0.592. The first-order valence-electron chi connectivity index (χ1n) is 8.49. The van der Waals surface area contributed by atoms with E-state index >= 15 is 0 Å². The first-order valence-corrected chi connectivity index (χ1v) is 9.29. The lowest BCUT2D eigenvalue weighted by Gasteiger charge is -2.37. The van der Waals surface area contributed by atoms with Gasteiger partial charge in [-0.1, -0.05) is 15.9 Å². The number of halogens is 1. The summed E-state index contributed by atoms with van der Waals surface area (Å²) in [5.74, 6) is 0. The Hall–Kier alpha value is -2.54. The minimum absolute atomic E-state index is 0.323. The fourth-order valence-corrected chi connectivity index (χ4v) is 3.33. The summed E-state index contributed by atoms with van der Waals surface area (Å²) in [4.78, 5) is 17.8. The second-order valence-electron chi connectivity index (χ2n) is 6.02. The topological polar surface area (TPSA) is 62.7 Å². The zero-order valence-electron chi connectivity index (χ0n) is 14.7. The Balaban J connectivity index is 1.63. The van der Waals surface area contributed by atoms with Gasteiger partial charge in [0.25, 0.3) is 0 Å². The predicted molar refractivity (Wildman–Crippen MR) is 111 cm³/mol. The van der Waals surface area contributed by atoms with Gasteiger partial charge in [0, 0.05) is 49.1 Å². The van der Waals surface area contributed by atoms with Crippen molar-refractivity contribution in [2.75, 3.05) is 47.9 Å². The van der Waals surface area contributed by atoms with Gasteiger partial charge in [-0.05, 0) is 48.5 Å². The Morgan fingerprint density at radius 1 is 1.00 bits per heavy atom. The lowest BCUT2D eigenvalue weighted by Crippen LogP contribution is -2.46. The van der Waals surface area contributed by atoms with Gasteiger partial charge < -0.3 is 15.1 Å². The minimum atomic E-state index is -0.323. The number of anilines is 3. The highest BCUT2D eigenvalue weighted by Gasteiger charge is 2.18. The molecule has 26 heavy (non-hydrogen) atoms. The first kappa shape index (κ1) is 18.3. The van der Waals surface area contributed by atoms with Crippen LogP contribution in [-0.2, 0) is 0 Å².